The molecule has 2 nitrogen and oxygen atoms in total. The van der Waals surface area contributed by atoms with Gasteiger partial charge in [-0.2, -0.15) is 0 Å². The summed E-state index contributed by atoms with van der Waals surface area (Å²) in [5, 5.41) is 0. The molecule has 0 bridgehead atoms. The fourth-order valence-corrected chi connectivity index (χ4v) is 0.214. The van der Waals surface area contributed by atoms with Crippen LogP contribution in [0.2, 0.25) is 0 Å². The van der Waals surface area contributed by atoms with Crippen LogP contribution >= 0.6 is 0 Å². The van der Waals surface area contributed by atoms with E-state index in [4.69, 9.17) is 5.84 Å². The Balaban J connectivity index is 2.78. The Hall–Kier alpha value is -0.570. The molecule has 0 amide bonds. The Labute approximate surface area is 42.2 Å². The summed E-state index contributed by atoms with van der Waals surface area (Å²) in [6.45, 7) is -0.321. The van der Waals surface area contributed by atoms with Crippen molar-refractivity contribution in [2.24, 2.45) is 5.84 Å². The summed E-state index contributed by atoms with van der Waals surface area (Å²) in [4.78, 5) is 0. The van der Waals surface area contributed by atoms with Crippen molar-refractivity contribution in [3.8, 4) is 0 Å². The normalized spacial score (nSPS) is 10.0. The lowest BCUT2D eigenvalue weighted by Gasteiger charge is -1.82. The Bertz CT molecular complexity index is 53.7. The maximum Gasteiger partial charge on any atom is 0.0929 e. The molecule has 0 unspecified atom stereocenters. The lowest BCUT2D eigenvalue weighted by atomic mass is 10.5. The smallest absolute Gasteiger partial charge is 0.0929 e. The van der Waals surface area contributed by atoms with Crippen LogP contribution in [0, 0.1) is 0 Å². The zero-order chi connectivity index (χ0) is 5.54. The van der Waals surface area contributed by atoms with Crippen molar-refractivity contribution in [1.82, 2.24) is 5.43 Å². The van der Waals surface area contributed by atoms with E-state index in [1.54, 1.807) is 6.08 Å². The van der Waals surface area contributed by atoms with Gasteiger partial charge in [-0.15, -0.1) is 0 Å². The zero-order valence-electron chi connectivity index (χ0n) is 4.02. The minimum Gasteiger partial charge on any atom is -0.332 e. The molecule has 0 aliphatic rings. The molecule has 0 aliphatic carbocycles. The van der Waals surface area contributed by atoms with Gasteiger partial charge < -0.3 is 5.43 Å². The number of allylic oxidation sites excluding steroid dienone is 1. The van der Waals surface area contributed by atoms with E-state index in [9.17, 15) is 4.39 Å². The second-order valence-corrected chi connectivity index (χ2v) is 1.05. The Morgan fingerprint density at radius 2 is 2.43 bits per heavy atom. The van der Waals surface area contributed by atoms with Gasteiger partial charge in [0.2, 0.25) is 0 Å². The fourth-order valence-electron chi connectivity index (χ4n) is 0.214. The molecule has 0 heterocycles. The van der Waals surface area contributed by atoms with Gasteiger partial charge in [-0.05, 0) is 6.42 Å². The number of nitrogens with two attached hydrogens (primary N) is 1. The third-order valence-corrected chi connectivity index (χ3v) is 0.490. The molecule has 0 atom stereocenters. The van der Waals surface area contributed by atoms with E-state index in [-0.39, 0.29) is 6.67 Å². The molecule has 3 heteroatoms. The topological polar surface area (TPSA) is 38.0 Å². The molecule has 0 aromatic heterocycles. The van der Waals surface area contributed by atoms with Crippen LogP contribution in [0.5, 0.6) is 0 Å². The minimum absolute atomic E-state index is 0.321. The fraction of sp³-hybridized carbons (Fsp3) is 0.500. The highest BCUT2D eigenvalue weighted by molar-refractivity contribution is 4.75. The highest BCUT2D eigenvalue weighted by Crippen LogP contribution is 1.78. The molecule has 0 fully saturated rings. The second kappa shape index (κ2) is 5.43. The Kier molecular flexibility index (Phi) is 4.99. The van der Waals surface area contributed by atoms with Gasteiger partial charge in [-0.1, -0.05) is 6.08 Å². The minimum atomic E-state index is -0.321. The molecule has 0 aromatic carbocycles. The average molecular weight is 104 g/mol. The highest BCUT2D eigenvalue weighted by Gasteiger charge is 1.70. The van der Waals surface area contributed by atoms with Crippen LogP contribution in [-0.4, -0.2) is 6.67 Å². The lowest BCUT2D eigenvalue weighted by molar-refractivity contribution is 0.500. The summed E-state index contributed by atoms with van der Waals surface area (Å²) in [7, 11) is 0. The van der Waals surface area contributed by atoms with Crippen LogP contribution in [0.15, 0.2) is 12.3 Å². The zero-order valence-corrected chi connectivity index (χ0v) is 4.02. The monoisotopic (exact) mass is 104 g/mol. The quantitative estimate of drug-likeness (QED) is 0.400. The molecule has 0 rings (SSSR count). The van der Waals surface area contributed by atoms with Gasteiger partial charge in [0.1, 0.15) is 0 Å². The largest absolute Gasteiger partial charge is 0.332 e. The van der Waals surface area contributed by atoms with Crippen LogP contribution < -0.4 is 11.3 Å². The van der Waals surface area contributed by atoms with E-state index in [1.807, 2.05) is 0 Å². The van der Waals surface area contributed by atoms with Gasteiger partial charge in [-0.25, -0.2) is 0 Å². The summed E-state index contributed by atoms with van der Waals surface area (Å²) in [5.74, 6) is 4.81. The molecular formula is C4H9FN2. The first-order valence-corrected chi connectivity index (χ1v) is 2.09. The molecule has 0 saturated heterocycles. The first kappa shape index (κ1) is 6.43. The van der Waals surface area contributed by atoms with Crippen LogP contribution in [0.1, 0.15) is 6.42 Å². The molecule has 0 radical (unpaired) electrons. The number of hydrogen-bond acceptors (Lipinski definition) is 2. The summed E-state index contributed by atoms with van der Waals surface area (Å²) in [5.41, 5.74) is 2.26. The summed E-state index contributed by atoms with van der Waals surface area (Å²) in [6.07, 6.45) is 3.56. The van der Waals surface area contributed by atoms with E-state index in [1.165, 1.54) is 6.20 Å². The first-order valence-electron chi connectivity index (χ1n) is 2.09. The van der Waals surface area contributed by atoms with Crippen LogP contribution in [0.4, 0.5) is 4.39 Å². The highest BCUT2D eigenvalue weighted by atomic mass is 19.1. The Morgan fingerprint density at radius 1 is 1.71 bits per heavy atom. The molecule has 0 aliphatic heterocycles. The van der Waals surface area contributed by atoms with Gasteiger partial charge in [0.15, 0.2) is 0 Å². The van der Waals surface area contributed by atoms with Crippen molar-refractivity contribution in [3.63, 3.8) is 0 Å². The van der Waals surface area contributed by atoms with E-state index in [0.29, 0.717) is 6.42 Å². The molecular weight excluding hydrogens is 95.1 g/mol. The van der Waals surface area contributed by atoms with Crippen molar-refractivity contribution in [1.29, 1.82) is 0 Å². The van der Waals surface area contributed by atoms with Crippen molar-refractivity contribution < 1.29 is 4.39 Å². The third kappa shape index (κ3) is 5.43. The average Bonchev–Trinajstić information content (AvgIpc) is 1.69. The predicted octanol–water partition coefficient (Wildman–Crippen LogP) is 0.323. The van der Waals surface area contributed by atoms with Gasteiger partial charge >= 0.3 is 0 Å². The summed E-state index contributed by atoms with van der Waals surface area (Å²) < 4.78 is 11.2. The van der Waals surface area contributed by atoms with E-state index in [2.05, 4.69) is 5.43 Å². The van der Waals surface area contributed by atoms with Gasteiger partial charge in [0.05, 0.1) is 6.67 Å². The first-order chi connectivity index (χ1) is 3.41. The second-order valence-electron chi connectivity index (χ2n) is 1.05. The van der Waals surface area contributed by atoms with E-state index < -0.39 is 0 Å². The Morgan fingerprint density at radius 3 is 2.86 bits per heavy atom. The van der Waals surface area contributed by atoms with Crippen molar-refractivity contribution >= 4 is 0 Å². The number of hydrogen-bond donors (Lipinski definition) is 2. The van der Waals surface area contributed by atoms with Gasteiger partial charge in [-0.3, -0.25) is 10.2 Å². The van der Waals surface area contributed by atoms with Crippen molar-refractivity contribution in [2.75, 3.05) is 6.67 Å². The summed E-state index contributed by atoms with van der Waals surface area (Å²) >= 11 is 0. The van der Waals surface area contributed by atoms with Gasteiger partial charge in [0, 0.05) is 6.20 Å². The molecule has 0 saturated carbocycles. The number of hydrazine groups is 1. The maximum atomic E-state index is 11.2. The van der Waals surface area contributed by atoms with Crippen molar-refractivity contribution in [3.05, 3.63) is 12.3 Å². The number of rotatable bonds is 3. The molecule has 7 heavy (non-hydrogen) atoms. The van der Waals surface area contributed by atoms with Crippen LogP contribution in [0.25, 0.3) is 0 Å². The predicted molar refractivity (Wildman–Crippen MR) is 27.1 cm³/mol. The summed E-state index contributed by atoms with van der Waals surface area (Å²) in [6, 6.07) is 0. The van der Waals surface area contributed by atoms with Gasteiger partial charge in [0.25, 0.3) is 0 Å². The maximum absolute atomic E-state index is 11.2. The van der Waals surface area contributed by atoms with Crippen LogP contribution in [0.3, 0.4) is 0 Å². The standard InChI is InChI=1S/C4H9FN2/c5-3-1-2-4-7-6/h2,4,7H,1,3,6H2. The number of alkyl halides is 1. The van der Waals surface area contributed by atoms with E-state index in [0.717, 1.165) is 0 Å². The number of halogens is 1. The van der Waals surface area contributed by atoms with E-state index >= 15 is 0 Å². The van der Waals surface area contributed by atoms with Crippen molar-refractivity contribution in [2.45, 2.75) is 6.42 Å². The SMILES string of the molecule is NNC=CCCF. The molecule has 0 aromatic rings. The molecule has 3 N–H and O–H groups in total. The lowest BCUT2D eigenvalue weighted by Crippen LogP contribution is -2.12. The molecule has 42 valence electrons. The van der Waals surface area contributed by atoms with Crippen LogP contribution in [-0.2, 0) is 0 Å². The number of nitrogens with one attached hydrogen (secondary N) is 1. The molecule has 0 spiro atoms. The third-order valence-electron chi connectivity index (χ3n) is 0.490.